The molecule has 1 aromatic carbocycles. The van der Waals surface area contributed by atoms with Crippen LogP contribution in [0.4, 0.5) is 5.82 Å². The van der Waals surface area contributed by atoms with E-state index in [-0.39, 0.29) is 17.8 Å². The number of nitrogen functional groups attached to an aromatic ring is 1. The number of aromatic hydroxyl groups is 1. The van der Waals surface area contributed by atoms with Crippen LogP contribution in [0.2, 0.25) is 0 Å². The van der Waals surface area contributed by atoms with Gasteiger partial charge in [-0.15, -0.1) is 0 Å². The second-order valence-electron chi connectivity index (χ2n) is 6.81. The van der Waals surface area contributed by atoms with E-state index < -0.39 is 0 Å². The highest BCUT2D eigenvalue weighted by molar-refractivity contribution is 5.83. The number of benzene rings is 1. The molecule has 2 heterocycles. The number of ether oxygens (including phenoxy) is 2. The maximum atomic E-state index is 10.4. The van der Waals surface area contributed by atoms with Gasteiger partial charge in [-0.05, 0) is 44.5 Å². The van der Waals surface area contributed by atoms with Crippen LogP contribution in [-0.2, 0) is 13.1 Å². The van der Waals surface area contributed by atoms with Crippen molar-refractivity contribution in [3.63, 3.8) is 0 Å². The van der Waals surface area contributed by atoms with Crippen molar-refractivity contribution in [3.05, 3.63) is 29.3 Å². The zero-order chi connectivity index (χ0) is 21.5. The quantitative estimate of drug-likeness (QED) is 0.341. The Morgan fingerprint density at radius 1 is 1.20 bits per heavy atom. The number of rotatable bonds is 11. The van der Waals surface area contributed by atoms with E-state index in [1.165, 1.54) is 0 Å². The van der Waals surface area contributed by atoms with Gasteiger partial charge in [0, 0.05) is 12.1 Å². The van der Waals surface area contributed by atoms with Gasteiger partial charge in [0.25, 0.3) is 6.01 Å². The lowest BCUT2D eigenvalue weighted by atomic mass is 10.1. The van der Waals surface area contributed by atoms with Crippen LogP contribution in [0.15, 0.2) is 18.2 Å². The summed E-state index contributed by atoms with van der Waals surface area (Å²) in [5.74, 6) is 0.866. The molecule has 0 unspecified atom stereocenters. The van der Waals surface area contributed by atoms with E-state index in [4.69, 9.17) is 20.9 Å². The van der Waals surface area contributed by atoms with Crippen molar-refractivity contribution in [1.29, 1.82) is 0 Å². The van der Waals surface area contributed by atoms with Crippen LogP contribution in [0.3, 0.4) is 0 Å². The van der Waals surface area contributed by atoms with Crippen LogP contribution in [0, 0.1) is 0 Å². The highest BCUT2D eigenvalue weighted by atomic mass is 16.5. The molecule has 162 valence electrons. The summed E-state index contributed by atoms with van der Waals surface area (Å²) in [7, 11) is 1.62. The molecule has 0 aliphatic rings. The molecule has 3 aromatic rings. The number of aromatic nitrogens is 4. The molecule has 0 saturated heterocycles. The molecule has 0 aliphatic heterocycles. The Morgan fingerprint density at radius 2 is 2.03 bits per heavy atom. The number of unbranched alkanes of at least 4 members (excludes halogenated alkanes) is 1. The zero-order valence-corrected chi connectivity index (χ0v) is 17.4. The number of anilines is 1. The zero-order valence-electron chi connectivity index (χ0n) is 17.4. The number of fused-ring (bicyclic) bond motifs is 1. The van der Waals surface area contributed by atoms with Crippen molar-refractivity contribution >= 4 is 17.0 Å². The van der Waals surface area contributed by atoms with Crippen molar-refractivity contribution < 1.29 is 14.6 Å². The smallest absolute Gasteiger partial charge is 0.320 e. The Morgan fingerprint density at radius 3 is 2.77 bits per heavy atom. The summed E-state index contributed by atoms with van der Waals surface area (Å²) in [5.41, 5.74) is 14.2. The minimum atomic E-state index is -0.202. The number of nitrogens with zero attached hydrogens (tertiary/aromatic N) is 4. The summed E-state index contributed by atoms with van der Waals surface area (Å²) in [6.45, 7) is 4.90. The van der Waals surface area contributed by atoms with Crippen molar-refractivity contribution in [2.75, 3.05) is 32.5 Å². The van der Waals surface area contributed by atoms with Crippen molar-refractivity contribution in [3.8, 4) is 17.8 Å². The number of imidazole rings is 1. The minimum Gasteiger partial charge on any atom is -0.496 e. The number of nitrogens with one attached hydrogen (secondary N) is 1. The fourth-order valence-electron chi connectivity index (χ4n) is 3.16. The normalized spacial score (nSPS) is 11.2. The lowest BCUT2D eigenvalue weighted by Crippen LogP contribution is -2.16. The molecule has 0 spiro atoms. The average Bonchev–Trinajstić information content (AvgIpc) is 3.05. The molecule has 10 nitrogen and oxygen atoms in total. The van der Waals surface area contributed by atoms with Crippen molar-refractivity contribution in [2.24, 2.45) is 5.73 Å². The molecule has 0 amide bonds. The van der Waals surface area contributed by atoms with Gasteiger partial charge in [-0.2, -0.15) is 15.0 Å². The van der Waals surface area contributed by atoms with E-state index in [0.29, 0.717) is 36.6 Å². The van der Waals surface area contributed by atoms with E-state index in [1.54, 1.807) is 11.7 Å². The van der Waals surface area contributed by atoms with Gasteiger partial charge in [0.05, 0.1) is 20.3 Å². The predicted molar refractivity (Wildman–Crippen MR) is 115 cm³/mol. The topological polar surface area (TPSA) is 146 Å². The highest BCUT2D eigenvalue weighted by Crippen LogP contribution is 2.28. The lowest BCUT2D eigenvalue weighted by Gasteiger charge is -2.13. The van der Waals surface area contributed by atoms with Crippen LogP contribution >= 0.6 is 0 Å². The van der Waals surface area contributed by atoms with Gasteiger partial charge < -0.3 is 31.4 Å². The monoisotopic (exact) mass is 415 g/mol. The molecule has 10 heteroatoms. The summed E-state index contributed by atoms with van der Waals surface area (Å²) in [6, 6.07) is 5.92. The standard InChI is InChI=1S/C20H29N7O3/c1-3-30-19-25-17(22)16-18(26-19)27(20(28)24-16)12-14-7-6-13(10-15(14)29-2)11-23-9-5-4-8-21/h6-7,10,23H,3-5,8-9,11-12,21H2,1-2H3,(H,24,28)(H2,22,25,26). The first kappa shape index (κ1) is 21.6. The van der Waals surface area contributed by atoms with Gasteiger partial charge >= 0.3 is 6.01 Å². The molecule has 3 rings (SSSR count). The van der Waals surface area contributed by atoms with Gasteiger partial charge in [0.15, 0.2) is 17.0 Å². The number of hydrogen-bond donors (Lipinski definition) is 4. The summed E-state index contributed by atoms with van der Waals surface area (Å²) < 4.78 is 12.5. The summed E-state index contributed by atoms with van der Waals surface area (Å²) in [6.07, 6.45) is 2.06. The Hall–Kier alpha value is -3.11. The van der Waals surface area contributed by atoms with E-state index in [1.807, 2.05) is 25.1 Å². The molecule has 0 radical (unpaired) electrons. The second-order valence-corrected chi connectivity index (χ2v) is 6.81. The Bertz CT molecular complexity index is 990. The van der Waals surface area contributed by atoms with Gasteiger partial charge in [-0.1, -0.05) is 12.1 Å². The Kier molecular flexibility index (Phi) is 7.26. The molecular weight excluding hydrogens is 386 g/mol. The summed E-state index contributed by atoms with van der Waals surface area (Å²) in [5, 5.41) is 13.8. The molecule has 6 N–H and O–H groups in total. The summed E-state index contributed by atoms with van der Waals surface area (Å²) in [4.78, 5) is 12.5. The first-order chi connectivity index (χ1) is 14.6. The second kappa shape index (κ2) is 10.1. The molecule has 0 fully saturated rings. The molecular formula is C20H29N7O3. The van der Waals surface area contributed by atoms with Gasteiger partial charge in [-0.25, -0.2) is 0 Å². The number of nitrogens with two attached hydrogens (primary N) is 2. The molecule has 0 bridgehead atoms. The van der Waals surface area contributed by atoms with Gasteiger partial charge in [0.1, 0.15) is 5.75 Å². The summed E-state index contributed by atoms with van der Waals surface area (Å²) >= 11 is 0. The fraction of sp³-hybridized carbons (Fsp3) is 0.450. The number of methoxy groups -OCH3 is 1. The SMILES string of the molecule is CCOc1nc(N)c2nc(O)n(Cc3ccc(CNCCCCN)cc3OC)c2n1. The Balaban J connectivity index is 1.83. The third kappa shape index (κ3) is 4.89. The van der Waals surface area contributed by atoms with E-state index in [9.17, 15) is 5.11 Å². The van der Waals surface area contributed by atoms with Crippen molar-refractivity contribution in [1.82, 2.24) is 24.8 Å². The van der Waals surface area contributed by atoms with E-state index >= 15 is 0 Å². The Labute approximate surface area is 175 Å². The minimum absolute atomic E-state index is 0.145. The van der Waals surface area contributed by atoms with Gasteiger partial charge in [-0.3, -0.25) is 4.57 Å². The molecule has 0 saturated carbocycles. The van der Waals surface area contributed by atoms with E-state index in [2.05, 4.69) is 20.3 Å². The third-order valence-corrected chi connectivity index (χ3v) is 4.67. The largest absolute Gasteiger partial charge is 0.496 e. The highest BCUT2D eigenvalue weighted by Gasteiger charge is 2.18. The van der Waals surface area contributed by atoms with Gasteiger partial charge in [0.2, 0.25) is 0 Å². The first-order valence-corrected chi connectivity index (χ1v) is 9.99. The number of hydrogen-bond acceptors (Lipinski definition) is 9. The van der Waals surface area contributed by atoms with Crippen LogP contribution in [0.25, 0.3) is 11.2 Å². The van der Waals surface area contributed by atoms with Crippen LogP contribution in [0.5, 0.6) is 17.8 Å². The lowest BCUT2D eigenvalue weighted by molar-refractivity contribution is 0.314. The maximum absolute atomic E-state index is 10.4. The predicted octanol–water partition coefficient (Wildman–Crippen LogP) is 1.40. The maximum Gasteiger partial charge on any atom is 0.320 e. The first-order valence-electron chi connectivity index (χ1n) is 9.99. The molecule has 0 aliphatic carbocycles. The van der Waals surface area contributed by atoms with Crippen LogP contribution in [-0.4, -0.2) is 51.4 Å². The van der Waals surface area contributed by atoms with Crippen LogP contribution < -0.4 is 26.3 Å². The fourth-order valence-corrected chi connectivity index (χ4v) is 3.16. The molecule has 30 heavy (non-hydrogen) atoms. The molecule has 0 atom stereocenters. The van der Waals surface area contributed by atoms with E-state index in [0.717, 1.165) is 37.1 Å². The third-order valence-electron chi connectivity index (χ3n) is 4.67. The van der Waals surface area contributed by atoms with Crippen molar-refractivity contribution in [2.45, 2.75) is 32.9 Å². The average molecular weight is 415 g/mol. The van der Waals surface area contributed by atoms with Crippen LogP contribution in [0.1, 0.15) is 30.9 Å². The molecule has 2 aromatic heterocycles.